The molecular formula is C23H26N4O3S. The third-order valence-electron chi connectivity index (χ3n) is 5.31. The molecule has 1 fully saturated rings. The molecule has 0 radical (unpaired) electrons. The molecule has 0 saturated carbocycles. The minimum atomic E-state index is -0.0363. The molecule has 0 atom stereocenters. The second-order valence-corrected chi connectivity index (χ2v) is 8.21. The number of nitrogens with zero attached hydrogens (tertiary/aromatic N) is 3. The Labute approximate surface area is 186 Å². The Morgan fingerprint density at radius 3 is 2.61 bits per heavy atom. The van der Waals surface area contributed by atoms with E-state index in [4.69, 9.17) is 9.47 Å². The van der Waals surface area contributed by atoms with Gasteiger partial charge >= 0.3 is 0 Å². The number of aromatic nitrogens is 1. The highest BCUT2D eigenvalue weighted by atomic mass is 32.1. The molecule has 3 aromatic rings. The van der Waals surface area contributed by atoms with Crippen LogP contribution in [0.4, 0.5) is 16.5 Å². The highest BCUT2D eigenvalue weighted by Gasteiger charge is 2.24. The number of carbonyl (C=O) groups excluding carboxylic acids is 1. The van der Waals surface area contributed by atoms with Crippen molar-refractivity contribution in [3.8, 4) is 11.5 Å². The summed E-state index contributed by atoms with van der Waals surface area (Å²) in [7, 11) is 3.31. The first-order valence-corrected chi connectivity index (χ1v) is 11.0. The normalized spacial score (nSPS) is 13.8. The summed E-state index contributed by atoms with van der Waals surface area (Å²) in [5, 5.41) is 5.75. The Hall–Kier alpha value is -3.26. The van der Waals surface area contributed by atoms with Crippen LogP contribution < -0.4 is 19.7 Å². The van der Waals surface area contributed by atoms with Crippen molar-refractivity contribution in [2.45, 2.75) is 6.92 Å². The van der Waals surface area contributed by atoms with Crippen LogP contribution in [0.15, 0.2) is 47.8 Å². The van der Waals surface area contributed by atoms with E-state index in [0.29, 0.717) is 23.9 Å². The van der Waals surface area contributed by atoms with Crippen LogP contribution in [0.1, 0.15) is 16.1 Å². The van der Waals surface area contributed by atoms with E-state index in [0.717, 1.165) is 41.5 Å². The lowest BCUT2D eigenvalue weighted by Gasteiger charge is -2.35. The summed E-state index contributed by atoms with van der Waals surface area (Å²) in [4.78, 5) is 21.6. The maximum absolute atomic E-state index is 13.0. The number of ether oxygens (including phenoxy) is 2. The van der Waals surface area contributed by atoms with Crippen molar-refractivity contribution in [3.63, 3.8) is 0 Å². The third-order valence-corrected chi connectivity index (χ3v) is 6.06. The summed E-state index contributed by atoms with van der Waals surface area (Å²) in [6.45, 7) is 4.87. The SMILES string of the molecule is COc1cccc(N2CCN(C(=O)c3csc(Nc4cc(C)ccc4OC)n3)CC2)c1. The van der Waals surface area contributed by atoms with Crippen LogP contribution in [-0.4, -0.2) is 56.2 Å². The first-order chi connectivity index (χ1) is 15.1. The van der Waals surface area contributed by atoms with Crippen LogP contribution in [0.5, 0.6) is 11.5 Å². The zero-order valence-electron chi connectivity index (χ0n) is 17.9. The number of benzene rings is 2. The molecule has 1 N–H and O–H groups in total. The number of hydrogen-bond donors (Lipinski definition) is 1. The summed E-state index contributed by atoms with van der Waals surface area (Å²) in [6, 6.07) is 13.9. The van der Waals surface area contributed by atoms with Gasteiger partial charge in [-0.05, 0) is 36.8 Å². The predicted molar refractivity (Wildman–Crippen MR) is 124 cm³/mol. The molecule has 4 rings (SSSR count). The first-order valence-electron chi connectivity index (χ1n) is 10.1. The van der Waals surface area contributed by atoms with Crippen molar-refractivity contribution < 1.29 is 14.3 Å². The Bertz CT molecular complexity index is 1060. The van der Waals surface area contributed by atoms with Crippen LogP contribution in [-0.2, 0) is 0 Å². The van der Waals surface area contributed by atoms with E-state index in [-0.39, 0.29) is 5.91 Å². The summed E-state index contributed by atoms with van der Waals surface area (Å²) in [5.41, 5.74) is 3.53. The summed E-state index contributed by atoms with van der Waals surface area (Å²) >= 11 is 1.41. The molecule has 1 saturated heterocycles. The molecule has 0 aliphatic carbocycles. The van der Waals surface area contributed by atoms with Crippen LogP contribution >= 0.6 is 11.3 Å². The molecule has 1 amide bonds. The quantitative estimate of drug-likeness (QED) is 0.623. The van der Waals surface area contributed by atoms with Crippen LogP contribution in [0, 0.1) is 6.92 Å². The fourth-order valence-electron chi connectivity index (χ4n) is 3.60. The molecule has 1 aliphatic rings. The van der Waals surface area contributed by atoms with Gasteiger partial charge in [0.15, 0.2) is 5.13 Å². The largest absolute Gasteiger partial charge is 0.497 e. The minimum absolute atomic E-state index is 0.0363. The van der Waals surface area contributed by atoms with E-state index >= 15 is 0 Å². The fourth-order valence-corrected chi connectivity index (χ4v) is 4.30. The van der Waals surface area contributed by atoms with Crippen molar-refractivity contribution in [3.05, 3.63) is 59.1 Å². The minimum Gasteiger partial charge on any atom is -0.497 e. The van der Waals surface area contributed by atoms with Gasteiger partial charge < -0.3 is 24.6 Å². The fraction of sp³-hybridized carbons (Fsp3) is 0.304. The highest BCUT2D eigenvalue weighted by molar-refractivity contribution is 7.14. The number of nitrogens with one attached hydrogen (secondary N) is 1. The van der Waals surface area contributed by atoms with E-state index in [2.05, 4.69) is 21.3 Å². The number of thiazole rings is 1. The van der Waals surface area contributed by atoms with E-state index in [9.17, 15) is 4.79 Å². The lowest BCUT2D eigenvalue weighted by molar-refractivity contribution is 0.0742. The molecule has 0 unspecified atom stereocenters. The second-order valence-electron chi connectivity index (χ2n) is 7.35. The van der Waals surface area contributed by atoms with E-state index in [1.165, 1.54) is 11.3 Å². The third kappa shape index (κ3) is 4.74. The van der Waals surface area contributed by atoms with Gasteiger partial charge in [0.2, 0.25) is 0 Å². The van der Waals surface area contributed by atoms with Crippen LogP contribution in [0.3, 0.4) is 0 Å². The molecule has 8 heteroatoms. The van der Waals surface area contributed by atoms with E-state index in [1.54, 1.807) is 19.6 Å². The number of methoxy groups -OCH3 is 2. The van der Waals surface area contributed by atoms with Gasteiger partial charge in [-0.25, -0.2) is 4.98 Å². The average molecular weight is 439 g/mol. The molecular weight excluding hydrogens is 412 g/mol. The van der Waals surface area contributed by atoms with Crippen molar-refractivity contribution in [1.29, 1.82) is 0 Å². The van der Waals surface area contributed by atoms with Crippen LogP contribution in [0.2, 0.25) is 0 Å². The number of carbonyl (C=O) groups is 1. The predicted octanol–water partition coefficient (Wildman–Crippen LogP) is 4.17. The van der Waals surface area contributed by atoms with Gasteiger partial charge in [-0.2, -0.15) is 0 Å². The zero-order chi connectivity index (χ0) is 21.8. The molecule has 31 heavy (non-hydrogen) atoms. The van der Waals surface area contributed by atoms with Crippen LogP contribution in [0.25, 0.3) is 0 Å². The topological polar surface area (TPSA) is 66.9 Å². The van der Waals surface area contributed by atoms with E-state index in [1.807, 2.05) is 48.2 Å². The molecule has 0 bridgehead atoms. The Kier molecular flexibility index (Phi) is 6.27. The van der Waals surface area contributed by atoms with Gasteiger partial charge in [-0.3, -0.25) is 4.79 Å². The monoisotopic (exact) mass is 438 g/mol. The lowest BCUT2D eigenvalue weighted by atomic mass is 10.2. The molecule has 2 aromatic carbocycles. The summed E-state index contributed by atoms with van der Waals surface area (Å²) in [6.07, 6.45) is 0. The lowest BCUT2D eigenvalue weighted by Crippen LogP contribution is -2.48. The van der Waals surface area contributed by atoms with Gasteiger partial charge in [-0.15, -0.1) is 11.3 Å². The average Bonchev–Trinajstić information content (AvgIpc) is 3.27. The Morgan fingerprint density at radius 1 is 1.06 bits per heavy atom. The van der Waals surface area contributed by atoms with Gasteiger partial charge in [-0.1, -0.05) is 12.1 Å². The number of amides is 1. The molecule has 1 aliphatic heterocycles. The number of hydrogen-bond acceptors (Lipinski definition) is 7. The summed E-state index contributed by atoms with van der Waals surface area (Å²) < 4.78 is 10.7. The number of anilines is 3. The maximum atomic E-state index is 13.0. The second kappa shape index (κ2) is 9.26. The Morgan fingerprint density at radius 2 is 1.87 bits per heavy atom. The van der Waals surface area contributed by atoms with Crippen molar-refractivity contribution >= 4 is 33.8 Å². The van der Waals surface area contributed by atoms with Gasteiger partial charge in [0.1, 0.15) is 17.2 Å². The number of aryl methyl sites for hydroxylation is 1. The molecule has 1 aromatic heterocycles. The van der Waals surface area contributed by atoms with Crippen molar-refractivity contribution in [2.24, 2.45) is 0 Å². The molecule has 162 valence electrons. The first kappa shape index (κ1) is 21.0. The van der Waals surface area contributed by atoms with E-state index < -0.39 is 0 Å². The smallest absolute Gasteiger partial charge is 0.273 e. The zero-order valence-corrected chi connectivity index (χ0v) is 18.7. The van der Waals surface area contributed by atoms with Gasteiger partial charge in [0.05, 0.1) is 19.9 Å². The maximum Gasteiger partial charge on any atom is 0.273 e. The van der Waals surface area contributed by atoms with Crippen molar-refractivity contribution in [1.82, 2.24) is 9.88 Å². The Balaban J connectivity index is 1.39. The van der Waals surface area contributed by atoms with Crippen molar-refractivity contribution in [2.75, 3.05) is 50.6 Å². The molecule has 7 nitrogen and oxygen atoms in total. The number of piperazine rings is 1. The highest BCUT2D eigenvalue weighted by Crippen LogP contribution is 2.30. The van der Waals surface area contributed by atoms with Gasteiger partial charge in [0.25, 0.3) is 5.91 Å². The standard InChI is InChI=1S/C23H26N4O3S/c1-16-7-8-21(30-3)19(13-16)24-23-25-20(15-31-23)22(28)27-11-9-26(10-12-27)17-5-4-6-18(14-17)29-2/h4-8,13-15H,9-12H2,1-3H3,(H,24,25). The molecule has 2 heterocycles. The van der Waals surface area contributed by atoms with Gasteiger partial charge in [0, 0.05) is 43.3 Å². The summed E-state index contributed by atoms with van der Waals surface area (Å²) in [5.74, 6) is 1.54. The number of rotatable bonds is 6. The molecule has 0 spiro atoms.